The predicted octanol–water partition coefficient (Wildman–Crippen LogP) is 2.03. The van der Waals surface area contributed by atoms with Crippen molar-refractivity contribution in [3.63, 3.8) is 0 Å². The third-order valence-corrected chi connectivity index (χ3v) is 6.99. The molecule has 2 aliphatic rings. The molecular weight excluding hydrogens is 459 g/mol. The first kappa shape index (κ1) is 24.1. The second-order valence-corrected chi connectivity index (χ2v) is 9.56. The molecule has 9 heteroatoms. The van der Waals surface area contributed by atoms with Crippen LogP contribution in [0.15, 0.2) is 67.0 Å². The minimum absolute atomic E-state index is 0.0731. The Kier molecular flexibility index (Phi) is 7.11. The molecule has 5 rings (SSSR count). The van der Waals surface area contributed by atoms with E-state index in [2.05, 4.69) is 20.6 Å². The van der Waals surface area contributed by atoms with Crippen LogP contribution < -0.4 is 10.6 Å². The fourth-order valence-electron chi connectivity index (χ4n) is 4.64. The van der Waals surface area contributed by atoms with Gasteiger partial charge in [-0.05, 0) is 61.5 Å². The van der Waals surface area contributed by atoms with E-state index in [9.17, 15) is 14.0 Å². The Balaban J connectivity index is 1.24. The van der Waals surface area contributed by atoms with Crippen molar-refractivity contribution < 1.29 is 14.0 Å². The van der Waals surface area contributed by atoms with E-state index in [1.807, 2.05) is 48.5 Å². The van der Waals surface area contributed by atoms with Crippen molar-refractivity contribution in [3.8, 4) is 5.69 Å². The van der Waals surface area contributed by atoms with Gasteiger partial charge in [-0.25, -0.2) is 9.07 Å². The van der Waals surface area contributed by atoms with Gasteiger partial charge in [0, 0.05) is 62.6 Å². The number of amides is 2. The molecule has 2 amide bonds. The molecule has 1 aliphatic heterocycles. The first-order chi connectivity index (χ1) is 17.5. The van der Waals surface area contributed by atoms with E-state index >= 15 is 0 Å². The Bertz CT molecular complexity index is 1170. The van der Waals surface area contributed by atoms with Crippen molar-refractivity contribution in [1.82, 2.24) is 30.2 Å². The first-order valence-electron chi connectivity index (χ1n) is 12.3. The van der Waals surface area contributed by atoms with Crippen LogP contribution in [0.4, 0.5) is 4.39 Å². The monoisotopic (exact) mass is 490 g/mol. The molecule has 2 fully saturated rings. The highest BCUT2D eigenvalue weighted by Gasteiger charge is 2.39. The number of piperazine rings is 1. The lowest BCUT2D eigenvalue weighted by Gasteiger charge is -2.35. The molecule has 0 spiro atoms. The van der Waals surface area contributed by atoms with E-state index in [0.29, 0.717) is 25.2 Å². The molecule has 0 radical (unpaired) electrons. The molecular formula is C27H31FN6O2. The van der Waals surface area contributed by atoms with E-state index in [0.717, 1.165) is 30.8 Å². The largest absolute Gasteiger partial charge is 0.339 e. The molecule has 1 aliphatic carbocycles. The maximum absolute atomic E-state index is 13.4. The summed E-state index contributed by atoms with van der Waals surface area (Å²) in [6, 6.07) is 15.1. The Morgan fingerprint density at radius 3 is 2.44 bits per heavy atom. The Hall–Kier alpha value is -3.56. The van der Waals surface area contributed by atoms with Crippen molar-refractivity contribution in [2.45, 2.75) is 24.4 Å². The SMILES string of the molecule is CN1CCN(C(=O)C(CN[C@@H]2C[C@H]2c2ccc(F)cc2)NC(=O)c2ccc(-n3cccn3)cc2)CC1. The summed E-state index contributed by atoms with van der Waals surface area (Å²) in [5, 5.41) is 10.6. The van der Waals surface area contributed by atoms with E-state index in [1.165, 1.54) is 12.1 Å². The summed E-state index contributed by atoms with van der Waals surface area (Å²) in [6.45, 7) is 3.24. The third-order valence-electron chi connectivity index (χ3n) is 6.99. The van der Waals surface area contributed by atoms with Gasteiger partial charge < -0.3 is 20.4 Å². The number of nitrogens with one attached hydrogen (secondary N) is 2. The molecule has 0 bridgehead atoms. The number of carbonyl (C=O) groups excluding carboxylic acids is 2. The lowest BCUT2D eigenvalue weighted by molar-refractivity contribution is -0.134. The van der Waals surface area contributed by atoms with Crippen LogP contribution in [0.25, 0.3) is 5.69 Å². The minimum Gasteiger partial charge on any atom is -0.339 e. The van der Waals surface area contributed by atoms with Gasteiger partial charge in [0.15, 0.2) is 0 Å². The van der Waals surface area contributed by atoms with Crippen LogP contribution in [0.3, 0.4) is 0 Å². The highest BCUT2D eigenvalue weighted by Crippen LogP contribution is 2.40. The molecule has 188 valence electrons. The molecule has 2 heterocycles. The first-order valence-corrected chi connectivity index (χ1v) is 12.3. The molecule has 1 aromatic heterocycles. The van der Waals surface area contributed by atoms with Crippen LogP contribution in [0.5, 0.6) is 0 Å². The van der Waals surface area contributed by atoms with Gasteiger partial charge in [0.25, 0.3) is 5.91 Å². The quantitative estimate of drug-likeness (QED) is 0.505. The Labute approximate surface area is 210 Å². The van der Waals surface area contributed by atoms with Crippen molar-refractivity contribution in [2.75, 3.05) is 39.8 Å². The average molecular weight is 491 g/mol. The van der Waals surface area contributed by atoms with Crippen LogP contribution >= 0.6 is 0 Å². The predicted molar refractivity (Wildman–Crippen MR) is 134 cm³/mol. The van der Waals surface area contributed by atoms with Crippen LogP contribution in [0.2, 0.25) is 0 Å². The zero-order chi connectivity index (χ0) is 25.1. The average Bonchev–Trinajstić information content (AvgIpc) is 3.46. The summed E-state index contributed by atoms with van der Waals surface area (Å²) in [4.78, 5) is 30.5. The maximum Gasteiger partial charge on any atom is 0.251 e. The van der Waals surface area contributed by atoms with Gasteiger partial charge in [-0.2, -0.15) is 5.10 Å². The van der Waals surface area contributed by atoms with Crippen LogP contribution in [-0.4, -0.2) is 83.2 Å². The van der Waals surface area contributed by atoms with Crippen LogP contribution in [0, 0.1) is 5.82 Å². The van der Waals surface area contributed by atoms with Crippen molar-refractivity contribution in [1.29, 1.82) is 0 Å². The molecule has 8 nitrogen and oxygen atoms in total. The zero-order valence-electron chi connectivity index (χ0n) is 20.3. The number of halogens is 1. The van der Waals surface area contributed by atoms with E-state index in [1.54, 1.807) is 23.0 Å². The zero-order valence-corrected chi connectivity index (χ0v) is 20.3. The minimum atomic E-state index is -0.679. The summed E-state index contributed by atoms with van der Waals surface area (Å²) < 4.78 is 15.0. The van der Waals surface area contributed by atoms with Gasteiger partial charge in [-0.3, -0.25) is 9.59 Å². The third kappa shape index (κ3) is 5.63. The van der Waals surface area contributed by atoms with E-state index in [4.69, 9.17) is 0 Å². The lowest BCUT2D eigenvalue weighted by atomic mass is 10.1. The second-order valence-electron chi connectivity index (χ2n) is 9.56. The summed E-state index contributed by atoms with van der Waals surface area (Å²) in [7, 11) is 2.04. The summed E-state index contributed by atoms with van der Waals surface area (Å²) in [5.74, 6) is -0.323. The number of hydrogen-bond acceptors (Lipinski definition) is 5. The smallest absolute Gasteiger partial charge is 0.251 e. The summed E-state index contributed by atoms with van der Waals surface area (Å²) >= 11 is 0. The number of aromatic nitrogens is 2. The van der Waals surface area contributed by atoms with Crippen molar-refractivity contribution >= 4 is 11.8 Å². The Morgan fingerprint density at radius 1 is 1.06 bits per heavy atom. The van der Waals surface area contributed by atoms with Crippen LogP contribution in [0.1, 0.15) is 28.3 Å². The maximum atomic E-state index is 13.4. The fourth-order valence-corrected chi connectivity index (χ4v) is 4.64. The number of benzene rings is 2. The summed E-state index contributed by atoms with van der Waals surface area (Å²) in [5.41, 5.74) is 2.42. The molecule has 1 saturated carbocycles. The molecule has 1 unspecified atom stereocenters. The number of likely N-dealkylation sites (N-methyl/N-ethyl adjacent to an activating group) is 1. The molecule has 3 atom stereocenters. The van der Waals surface area contributed by atoms with E-state index < -0.39 is 6.04 Å². The van der Waals surface area contributed by atoms with Gasteiger partial charge in [0.05, 0.1) is 5.69 Å². The standard InChI is InChI=1S/C27H31FN6O2/c1-32-13-15-33(16-14-32)27(36)25(18-29-24-17-23(24)19-3-7-21(28)8-4-19)31-26(35)20-5-9-22(10-6-20)34-12-2-11-30-34/h2-12,23-25,29H,13-18H2,1H3,(H,31,35)/t23-,24+,25?/m0/s1. The topological polar surface area (TPSA) is 82.5 Å². The highest BCUT2D eigenvalue weighted by molar-refractivity contribution is 5.97. The van der Waals surface area contributed by atoms with Crippen molar-refractivity contribution in [2.24, 2.45) is 0 Å². The molecule has 2 aromatic carbocycles. The lowest BCUT2D eigenvalue weighted by Crippen LogP contribution is -2.57. The highest BCUT2D eigenvalue weighted by atomic mass is 19.1. The number of carbonyl (C=O) groups is 2. The van der Waals surface area contributed by atoms with Crippen LogP contribution in [-0.2, 0) is 4.79 Å². The van der Waals surface area contributed by atoms with Gasteiger partial charge in [0.1, 0.15) is 11.9 Å². The second kappa shape index (κ2) is 10.6. The number of rotatable bonds is 8. The fraction of sp³-hybridized carbons (Fsp3) is 0.370. The van der Waals surface area contributed by atoms with Gasteiger partial charge in [0.2, 0.25) is 5.91 Å². The molecule has 2 N–H and O–H groups in total. The van der Waals surface area contributed by atoms with Gasteiger partial charge in [-0.15, -0.1) is 0 Å². The van der Waals surface area contributed by atoms with Gasteiger partial charge >= 0.3 is 0 Å². The Morgan fingerprint density at radius 2 is 1.78 bits per heavy atom. The summed E-state index contributed by atoms with van der Waals surface area (Å²) in [6.07, 6.45) is 4.45. The number of nitrogens with zero attached hydrogens (tertiary/aromatic N) is 4. The molecule has 1 saturated heterocycles. The molecule has 3 aromatic rings. The molecule has 36 heavy (non-hydrogen) atoms. The van der Waals surface area contributed by atoms with Gasteiger partial charge in [-0.1, -0.05) is 12.1 Å². The number of hydrogen-bond donors (Lipinski definition) is 2. The van der Waals surface area contributed by atoms with E-state index in [-0.39, 0.29) is 29.6 Å². The van der Waals surface area contributed by atoms with Crippen molar-refractivity contribution in [3.05, 3.63) is 83.9 Å². The normalized spacial score (nSPS) is 20.7.